The van der Waals surface area contributed by atoms with E-state index in [9.17, 15) is 0 Å². The molecule has 2 aromatic rings. The molecule has 1 aromatic carbocycles. The summed E-state index contributed by atoms with van der Waals surface area (Å²) in [4.78, 5) is 0. The molecule has 18 heavy (non-hydrogen) atoms. The Morgan fingerprint density at radius 2 is 1.89 bits per heavy atom. The van der Waals surface area contributed by atoms with E-state index in [1.165, 1.54) is 5.56 Å². The number of furan rings is 1. The third-order valence-corrected chi connectivity index (χ3v) is 3.12. The van der Waals surface area contributed by atoms with Crippen LogP contribution in [0.5, 0.6) is 5.75 Å². The molecule has 0 bridgehead atoms. The Morgan fingerprint density at radius 3 is 2.44 bits per heavy atom. The monoisotopic (exact) mass is 246 g/mol. The lowest BCUT2D eigenvalue weighted by molar-refractivity contribution is -0.428. The highest BCUT2D eigenvalue weighted by molar-refractivity contribution is 5.28. The summed E-state index contributed by atoms with van der Waals surface area (Å²) in [7, 11) is 1.68. The Morgan fingerprint density at radius 1 is 1.17 bits per heavy atom. The van der Waals surface area contributed by atoms with Crippen LogP contribution in [0.4, 0.5) is 0 Å². The average Bonchev–Trinajstić information content (AvgIpc) is 2.82. The van der Waals surface area contributed by atoms with Crippen molar-refractivity contribution >= 4 is 0 Å². The van der Waals surface area contributed by atoms with Crippen molar-refractivity contribution in [3.63, 3.8) is 0 Å². The topological polar surface area (TPSA) is 50.0 Å². The molecule has 1 atom stereocenters. The molecule has 3 heteroatoms. The molecule has 0 aliphatic carbocycles. The molecular formula is C15H20NO2+. The fourth-order valence-corrected chi connectivity index (χ4v) is 1.98. The van der Waals surface area contributed by atoms with Gasteiger partial charge < -0.3 is 14.9 Å². The van der Waals surface area contributed by atoms with Gasteiger partial charge in [0.15, 0.2) is 0 Å². The van der Waals surface area contributed by atoms with Crippen molar-refractivity contribution in [2.75, 3.05) is 7.11 Å². The first-order chi connectivity index (χ1) is 8.69. The predicted octanol–water partition coefficient (Wildman–Crippen LogP) is 2.51. The number of quaternary nitrogens is 1. The molecule has 0 radical (unpaired) electrons. The summed E-state index contributed by atoms with van der Waals surface area (Å²) in [6, 6.07) is 12.4. The Kier molecular flexibility index (Phi) is 4.05. The van der Waals surface area contributed by atoms with Crippen LogP contribution in [-0.2, 0) is 6.42 Å². The van der Waals surface area contributed by atoms with Crippen LogP contribution in [0.1, 0.15) is 29.5 Å². The third-order valence-electron chi connectivity index (χ3n) is 3.12. The molecular weight excluding hydrogens is 226 g/mol. The van der Waals surface area contributed by atoms with Gasteiger partial charge in [-0.15, -0.1) is 0 Å². The Hall–Kier alpha value is -1.74. The van der Waals surface area contributed by atoms with Crippen molar-refractivity contribution in [1.82, 2.24) is 0 Å². The summed E-state index contributed by atoms with van der Waals surface area (Å²) in [5.41, 5.74) is 5.44. The van der Waals surface area contributed by atoms with Gasteiger partial charge in [-0.2, -0.15) is 0 Å². The third kappa shape index (κ3) is 3.14. The first kappa shape index (κ1) is 12.7. The van der Waals surface area contributed by atoms with E-state index in [1.807, 2.05) is 31.2 Å². The van der Waals surface area contributed by atoms with Crippen LogP contribution >= 0.6 is 0 Å². The van der Waals surface area contributed by atoms with Crippen molar-refractivity contribution in [3.8, 4) is 5.75 Å². The van der Waals surface area contributed by atoms with E-state index in [4.69, 9.17) is 9.15 Å². The molecule has 0 amide bonds. The van der Waals surface area contributed by atoms with Gasteiger partial charge in [0.1, 0.15) is 23.3 Å². The van der Waals surface area contributed by atoms with Crippen LogP contribution in [0.25, 0.3) is 0 Å². The van der Waals surface area contributed by atoms with Crippen LogP contribution in [0.2, 0.25) is 0 Å². The second-order valence-electron chi connectivity index (χ2n) is 4.52. The van der Waals surface area contributed by atoms with E-state index in [2.05, 4.69) is 17.9 Å². The summed E-state index contributed by atoms with van der Waals surface area (Å²) < 4.78 is 10.7. The maximum absolute atomic E-state index is 5.56. The van der Waals surface area contributed by atoms with Crippen LogP contribution in [0.3, 0.4) is 0 Å². The largest absolute Gasteiger partial charge is 0.497 e. The summed E-state index contributed by atoms with van der Waals surface area (Å²) >= 11 is 0. The summed E-state index contributed by atoms with van der Waals surface area (Å²) in [6.45, 7) is 1.97. The van der Waals surface area contributed by atoms with Crippen LogP contribution < -0.4 is 10.5 Å². The van der Waals surface area contributed by atoms with Gasteiger partial charge in [0.25, 0.3) is 0 Å². The maximum atomic E-state index is 5.56. The first-order valence-corrected chi connectivity index (χ1v) is 6.21. The Balaban J connectivity index is 1.92. The summed E-state index contributed by atoms with van der Waals surface area (Å²) in [6.07, 6.45) is 1.91. The molecule has 0 saturated carbocycles. The van der Waals surface area contributed by atoms with E-state index < -0.39 is 0 Å². The molecule has 96 valence electrons. The highest BCUT2D eigenvalue weighted by atomic mass is 16.5. The summed E-state index contributed by atoms with van der Waals surface area (Å²) in [5.74, 6) is 2.89. The van der Waals surface area contributed by atoms with Crippen molar-refractivity contribution in [3.05, 3.63) is 53.5 Å². The lowest BCUT2D eigenvalue weighted by atomic mass is 10.0. The summed E-state index contributed by atoms with van der Waals surface area (Å²) in [5, 5.41) is 0. The van der Waals surface area contributed by atoms with Gasteiger partial charge in [-0.05, 0) is 43.3 Å². The van der Waals surface area contributed by atoms with Crippen molar-refractivity contribution in [1.29, 1.82) is 0 Å². The molecule has 1 heterocycles. The normalized spacial score (nSPS) is 12.4. The fraction of sp³-hybridized carbons (Fsp3) is 0.333. The lowest BCUT2D eigenvalue weighted by Crippen LogP contribution is -2.53. The SMILES string of the molecule is COc1ccc(C([NH3+])CCc2ccc(C)o2)cc1. The second-order valence-corrected chi connectivity index (χ2v) is 4.52. The minimum absolute atomic E-state index is 0.279. The van der Waals surface area contributed by atoms with E-state index in [1.54, 1.807) is 7.11 Å². The van der Waals surface area contributed by atoms with Crippen molar-refractivity contribution in [2.45, 2.75) is 25.8 Å². The zero-order valence-corrected chi connectivity index (χ0v) is 11.0. The molecule has 0 spiro atoms. The van der Waals surface area contributed by atoms with Crippen molar-refractivity contribution < 1.29 is 14.9 Å². The van der Waals surface area contributed by atoms with Gasteiger partial charge in [-0.25, -0.2) is 0 Å². The van der Waals surface area contributed by atoms with Gasteiger partial charge >= 0.3 is 0 Å². The molecule has 0 fully saturated rings. The zero-order valence-electron chi connectivity index (χ0n) is 11.0. The van der Waals surface area contributed by atoms with Crippen molar-refractivity contribution in [2.24, 2.45) is 0 Å². The number of aryl methyl sites for hydroxylation is 2. The molecule has 0 aliphatic heterocycles. The molecule has 0 aliphatic rings. The second kappa shape index (κ2) is 5.74. The maximum Gasteiger partial charge on any atom is 0.118 e. The van der Waals surface area contributed by atoms with Crippen LogP contribution in [0.15, 0.2) is 40.8 Å². The number of benzene rings is 1. The van der Waals surface area contributed by atoms with E-state index in [-0.39, 0.29) is 6.04 Å². The number of ether oxygens (including phenoxy) is 1. The van der Waals surface area contributed by atoms with Crippen LogP contribution in [0, 0.1) is 6.92 Å². The highest BCUT2D eigenvalue weighted by Crippen LogP contribution is 2.19. The average molecular weight is 246 g/mol. The standard InChI is InChI=1S/C15H19NO2/c1-11-3-6-14(18-11)9-10-15(16)12-4-7-13(17-2)8-5-12/h3-8,15H,9-10,16H2,1-2H3/p+1. The van der Waals surface area contributed by atoms with E-state index in [0.29, 0.717) is 0 Å². The van der Waals surface area contributed by atoms with Gasteiger partial charge in [-0.1, -0.05) is 0 Å². The number of rotatable bonds is 5. The van der Waals surface area contributed by atoms with Gasteiger partial charge in [0.2, 0.25) is 0 Å². The number of methoxy groups -OCH3 is 1. The number of hydrogen-bond donors (Lipinski definition) is 1. The van der Waals surface area contributed by atoms with Gasteiger partial charge in [-0.3, -0.25) is 0 Å². The minimum Gasteiger partial charge on any atom is -0.497 e. The predicted molar refractivity (Wildman–Crippen MR) is 70.4 cm³/mol. The highest BCUT2D eigenvalue weighted by Gasteiger charge is 2.11. The van der Waals surface area contributed by atoms with Gasteiger partial charge in [0, 0.05) is 18.4 Å². The first-order valence-electron chi connectivity index (χ1n) is 6.21. The minimum atomic E-state index is 0.279. The molecule has 3 nitrogen and oxygen atoms in total. The van der Waals surface area contributed by atoms with Gasteiger partial charge in [0.05, 0.1) is 7.11 Å². The Labute approximate surface area is 108 Å². The quantitative estimate of drug-likeness (QED) is 0.881. The lowest BCUT2D eigenvalue weighted by Gasteiger charge is -2.08. The number of hydrogen-bond acceptors (Lipinski definition) is 2. The van der Waals surface area contributed by atoms with E-state index >= 15 is 0 Å². The fourth-order valence-electron chi connectivity index (χ4n) is 1.98. The smallest absolute Gasteiger partial charge is 0.118 e. The Bertz CT molecular complexity index is 487. The molecule has 1 unspecified atom stereocenters. The van der Waals surface area contributed by atoms with Crippen LogP contribution in [-0.4, -0.2) is 7.11 Å². The zero-order chi connectivity index (χ0) is 13.0. The van der Waals surface area contributed by atoms with E-state index in [0.717, 1.165) is 30.1 Å². The molecule has 3 N–H and O–H groups in total. The molecule has 1 aromatic heterocycles. The molecule has 0 saturated heterocycles. The molecule has 2 rings (SSSR count).